The van der Waals surface area contributed by atoms with E-state index in [9.17, 15) is 14.4 Å². The van der Waals surface area contributed by atoms with Crippen molar-refractivity contribution in [1.29, 1.82) is 0 Å². The Morgan fingerprint density at radius 3 is 2.14 bits per heavy atom. The number of piperidine rings is 1. The molecule has 11 nitrogen and oxygen atoms in total. The number of nitrogens with one attached hydrogen (secondary N) is 2. The van der Waals surface area contributed by atoms with Crippen molar-refractivity contribution in [3.63, 3.8) is 0 Å². The van der Waals surface area contributed by atoms with Crippen LogP contribution in [0.1, 0.15) is 138 Å². The summed E-state index contributed by atoms with van der Waals surface area (Å²) in [7, 11) is 0. The van der Waals surface area contributed by atoms with Gasteiger partial charge in [0.15, 0.2) is 0 Å². The van der Waals surface area contributed by atoms with Gasteiger partial charge in [-0.05, 0) is 92.9 Å². The van der Waals surface area contributed by atoms with Crippen LogP contribution in [0.2, 0.25) is 0 Å². The molecule has 2 saturated heterocycles. The molecule has 2 spiro atoms. The minimum absolute atomic E-state index is 0.0142. The smallest absolute Gasteiger partial charge is 0.246 e. The number of likely N-dealkylation sites (tertiary alicyclic amines) is 2. The number of carbonyl (C=O) groups is 4. The predicted octanol–water partition coefficient (Wildman–Crippen LogP) is 4.27. The lowest BCUT2D eigenvalue weighted by molar-refractivity contribution is -0.144. The van der Waals surface area contributed by atoms with Gasteiger partial charge in [0.1, 0.15) is 24.2 Å². The molecule has 4 saturated carbocycles. The number of amides is 4. The summed E-state index contributed by atoms with van der Waals surface area (Å²) in [5, 5.41) is 6.20. The summed E-state index contributed by atoms with van der Waals surface area (Å²) in [5.41, 5.74) is 11.8. The number of rotatable bonds is 12. The molecule has 286 valence electrons. The van der Waals surface area contributed by atoms with Gasteiger partial charge in [-0.15, -0.1) is 0 Å². The van der Waals surface area contributed by atoms with Crippen LogP contribution in [0.3, 0.4) is 0 Å². The standard InChI is InChI=1S/C40H67N7O4/c1-7-13-28(33(42)48)43-34(49)29-22-40(38(5,6)39(40)19-12-20-39)24-47(29)36(51)30(25-14-9-8-10-15-25)44-35(50)31(37(2,3)4)45-32(41)26-16-11-21-46(23-26)27-17-18-27/h25-31H,7-24H2,1-6H3,(H2,41,45)(H2,42,48)(H,43,49)(H,44,50)/t26-,28+,29?,30?,31?,40?/m0/s1. The number of hydrogen-bond donors (Lipinski definition) is 4. The Balaban J connectivity index is 1.28. The van der Waals surface area contributed by atoms with Crippen molar-refractivity contribution in [2.75, 3.05) is 19.6 Å². The molecule has 6 fully saturated rings. The van der Waals surface area contributed by atoms with Crippen molar-refractivity contribution in [1.82, 2.24) is 20.4 Å². The van der Waals surface area contributed by atoms with E-state index in [1.807, 2.05) is 27.7 Å². The molecule has 6 N–H and O–H groups in total. The summed E-state index contributed by atoms with van der Waals surface area (Å²) in [5.74, 6) is -0.734. The number of hydrogen-bond acceptors (Lipinski definition) is 6. The molecule has 0 radical (unpaired) electrons. The molecule has 6 aliphatic rings. The topological polar surface area (TPSA) is 163 Å². The Morgan fingerprint density at radius 2 is 1.59 bits per heavy atom. The lowest BCUT2D eigenvalue weighted by Crippen LogP contribution is -2.59. The van der Waals surface area contributed by atoms with Crippen LogP contribution in [-0.4, -0.2) is 89.1 Å². The lowest BCUT2D eigenvalue weighted by atomic mass is 9.73. The van der Waals surface area contributed by atoms with E-state index in [-0.39, 0.29) is 45.8 Å². The highest BCUT2D eigenvalue weighted by atomic mass is 16.2. The predicted molar refractivity (Wildman–Crippen MR) is 199 cm³/mol. The maximum absolute atomic E-state index is 15.1. The van der Waals surface area contributed by atoms with Gasteiger partial charge in [-0.25, -0.2) is 0 Å². The van der Waals surface area contributed by atoms with Gasteiger partial charge in [-0.2, -0.15) is 0 Å². The second kappa shape index (κ2) is 14.3. The molecule has 0 aromatic rings. The van der Waals surface area contributed by atoms with Gasteiger partial charge < -0.3 is 27.0 Å². The van der Waals surface area contributed by atoms with E-state index in [1.165, 1.54) is 12.8 Å². The van der Waals surface area contributed by atoms with Crippen LogP contribution in [0, 0.1) is 33.5 Å². The molecule has 0 bridgehead atoms. The van der Waals surface area contributed by atoms with Crippen LogP contribution >= 0.6 is 0 Å². The van der Waals surface area contributed by atoms with Crippen LogP contribution in [0.4, 0.5) is 0 Å². The summed E-state index contributed by atoms with van der Waals surface area (Å²) in [6.45, 7) is 15.0. The van der Waals surface area contributed by atoms with Crippen molar-refractivity contribution >= 4 is 29.5 Å². The molecule has 0 aromatic carbocycles. The number of fused-ring (bicyclic) bond motifs is 1. The summed E-state index contributed by atoms with van der Waals surface area (Å²) in [4.78, 5) is 65.3. The van der Waals surface area contributed by atoms with Gasteiger partial charge in [0.05, 0.1) is 5.84 Å². The minimum Gasteiger partial charge on any atom is -0.387 e. The molecular weight excluding hydrogens is 642 g/mol. The number of nitrogens with two attached hydrogens (primary N) is 2. The fourth-order valence-electron chi connectivity index (χ4n) is 11.1. The molecule has 4 amide bonds. The quantitative estimate of drug-likeness (QED) is 0.175. The van der Waals surface area contributed by atoms with Crippen LogP contribution in [0.5, 0.6) is 0 Å². The highest BCUT2D eigenvalue weighted by Crippen LogP contribution is 2.88. The number of aliphatic imine (C=N–C) groups is 1. The average Bonchev–Trinajstić information content (AvgIpc) is 3.93. The number of carbonyl (C=O) groups excluding carboxylic acids is 4. The Hall–Kier alpha value is -2.69. The molecular formula is C40H67N7O4. The Kier molecular flexibility index (Phi) is 10.6. The lowest BCUT2D eigenvalue weighted by Gasteiger charge is -2.37. The highest BCUT2D eigenvalue weighted by molar-refractivity contribution is 5.96. The molecule has 4 aliphatic carbocycles. The third-order valence-corrected chi connectivity index (χ3v) is 14.6. The van der Waals surface area contributed by atoms with E-state index in [4.69, 9.17) is 16.5 Å². The molecule has 2 heterocycles. The summed E-state index contributed by atoms with van der Waals surface area (Å²) >= 11 is 0. The Labute approximate surface area is 306 Å². The SMILES string of the molecule is CCC[C@@H](NC(=O)C1CC2(CN1C(=O)C(NC(=O)C(N=C(N)[C@H]1CCCN(C3CC3)C1)C(C)(C)C)C1CCCCC1)C(C)(C)C21CCC1)C(N)=O. The Morgan fingerprint density at radius 1 is 0.902 bits per heavy atom. The third kappa shape index (κ3) is 6.94. The van der Waals surface area contributed by atoms with Crippen molar-refractivity contribution in [3.05, 3.63) is 0 Å². The van der Waals surface area contributed by atoms with Crippen LogP contribution in [0.25, 0.3) is 0 Å². The summed E-state index contributed by atoms with van der Waals surface area (Å²) in [6, 6.07) is -2.39. The van der Waals surface area contributed by atoms with Crippen molar-refractivity contribution in [3.8, 4) is 0 Å². The number of nitrogens with zero attached hydrogens (tertiary/aromatic N) is 3. The van der Waals surface area contributed by atoms with Crippen LogP contribution in [-0.2, 0) is 19.2 Å². The third-order valence-electron chi connectivity index (χ3n) is 14.6. The zero-order chi connectivity index (χ0) is 36.9. The van der Waals surface area contributed by atoms with Gasteiger partial charge in [-0.1, -0.05) is 73.6 Å². The van der Waals surface area contributed by atoms with Gasteiger partial charge in [-0.3, -0.25) is 29.1 Å². The first-order valence-electron chi connectivity index (χ1n) is 20.3. The first-order chi connectivity index (χ1) is 24.1. The van der Waals surface area contributed by atoms with Gasteiger partial charge in [0, 0.05) is 30.5 Å². The normalized spacial score (nSPS) is 31.1. The fourth-order valence-corrected chi connectivity index (χ4v) is 11.1. The molecule has 0 aromatic heterocycles. The van der Waals surface area contributed by atoms with Crippen LogP contribution < -0.4 is 22.1 Å². The number of primary amides is 1. The van der Waals surface area contributed by atoms with E-state index in [0.717, 1.165) is 77.3 Å². The Bertz CT molecular complexity index is 1370. The maximum Gasteiger partial charge on any atom is 0.246 e. The molecule has 2 aliphatic heterocycles. The second-order valence-electron chi connectivity index (χ2n) is 18.9. The van der Waals surface area contributed by atoms with E-state index >= 15 is 4.79 Å². The van der Waals surface area contributed by atoms with E-state index in [1.54, 1.807) is 4.90 Å². The summed E-state index contributed by atoms with van der Waals surface area (Å²) in [6.07, 6.45) is 14.4. The second-order valence-corrected chi connectivity index (χ2v) is 18.9. The first-order valence-corrected chi connectivity index (χ1v) is 20.3. The molecule has 4 unspecified atom stereocenters. The zero-order valence-electron chi connectivity index (χ0n) is 32.4. The van der Waals surface area contributed by atoms with Gasteiger partial charge in [0.25, 0.3) is 0 Å². The minimum atomic E-state index is -0.786. The van der Waals surface area contributed by atoms with E-state index in [2.05, 4.69) is 29.4 Å². The number of amidine groups is 1. The highest BCUT2D eigenvalue weighted by Gasteiger charge is 2.85. The average molecular weight is 710 g/mol. The fraction of sp³-hybridized carbons (Fsp3) is 0.875. The van der Waals surface area contributed by atoms with E-state index in [0.29, 0.717) is 37.7 Å². The zero-order valence-corrected chi connectivity index (χ0v) is 32.4. The van der Waals surface area contributed by atoms with Gasteiger partial charge >= 0.3 is 0 Å². The monoisotopic (exact) mass is 710 g/mol. The molecule has 51 heavy (non-hydrogen) atoms. The van der Waals surface area contributed by atoms with Crippen molar-refractivity contribution in [2.45, 2.75) is 168 Å². The first kappa shape index (κ1) is 38.0. The maximum atomic E-state index is 15.1. The van der Waals surface area contributed by atoms with Crippen molar-refractivity contribution in [2.24, 2.45) is 50.0 Å². The van der Waals surface area contributed by atoms with E-state index < -0.39 is 35.5 Å². The largest absolute Gasteiger partial charge is 0.387 e. The molecule has 6 rings (SSSR count). The van der Waals surface area contributed by atoms with Crippen LogP contribution in [0.15, 0.2) is 4.99 Å². The molecule has 6 atom stereocenters. The van der Waals surface area contributed by atoms with Gasteiger partial charge in [0.2, 0.25) is 23.6 Å². The summed E-state index contributed by atoms with van der Waals surface area (Å²) < 4.78 is 0. The van der Waals surface area contributed by atoms with Crippen molar-refractivity contribution < 1.29 is 19.2 Å². The molecule has 11 heteroatoms.